The van der Waals surface area contributed by atoms with Crippen molar-refractivity contribution >= 4 is 5.91 Å². The predicted octanol–water partition coefficient (Wildman–Crippen LogP) is 2.49. The van der Waals surface area contributed by atoms with Crippen molar-refractivity contribution < 1.29 is 18.0 Å². The van der Waals surface area contributed by atoms with E-state index < -0.39 is 28.9 Å². The Hall–Kier alpha value is -2.34. The zero-order chi connectivity index (χ0) is 15.4. The molecule has 0 aliphatic carbocycles. The molecule has 0 aromatic heterocycles. The normalized spacial score (nSPS) is 10.5. The number of benzene rings is 2. The lowest BCUT2D eigenvalue weighted by Crippen LogP contribution is -2.26. The maximum absolute atomic E-state index is 13.5. The Morgan fingerprint density at radius 2 is 1.62 bits per heavy atom. The molecule has 2 aromatic rings. The van der Waals surface area contributed by atoms with E-state index in [4.69, 9.17) is 5.73 Å². The third kappa shape index (κ3) is 3.41. The Balaban J connectivity index is 2.16. The van der Waals surface area contributed by atoms with Gasteiger partial charge in [-0.05, 0) is 11.1 Å². The van der Waals surface area contributed by atoms with E-state index in [-0.39, 0.29) is 13.1 Å². The van der Waals surface area contributed by atoms with E-state index in [1.807, 2.05) is 0 Å². The van der Waals surface area contributed by atoms with Crippen molar-refractivity contribution in [1.82, 2.24) is 5.32 Å². The fourth-order valence-corrected chi connectivity index (χ4v) is 1.95. The van der Waals surface area contributed by atoms with E-state index in [2.05, 4.69) is 5.32 Å². The maximum Gasteiger partial charge on any atom is 0.257 e. The molecule has 0 saturated carbocycles. The minimum Gasteiger partial charge on any atom is -0.348 e. The van der Waals surface area contributed by atoms with Crippen molar-refractivity contribution in [2.45, 2.75) is 13.1 Å². The quantitative estimate of drug-likeness (QED) is 0.910. The molecule has 6 heteroatoms. The lowest BCUT2D eigenvalue weighted by molar-refractivity contribution is 0.0942. The summed E-state index contributed by atoms with van der Waals surface area (Å²) in [4.78, 5) is 11.8. The van der Waals surface area contributed by atoms with Crippen molar-refractivity contribution in [3.05, 3.63) is 70.5 Å². The van der Waals surface area contributed by atoms with E-state index in [0.717, 1.165) is 11.1 Å². The van der Waals surface area contributed by atoms with Crippen LogP contribution in [0.2, 0.25) is 0 Å². The summed E-state index contributed by atoms with van der Waals surface area (Å²) in [5, 5.41) is 2.39. The number of amides is 1. The summed E-state index contributed by atoms with van der Waals surface area (Å²) in [6.45, 7) is 0.355. The molecule has 110 valence electrons. The zero-order valence-electron chi connectivity index (χ0n) is 11.0. The highest BCUT2D eigenvalue weighted by molar-refractivity contribution is 5.94. The number of rotatable bonds is 4. The molecule has 0 bridgehead atoms. The van der Waals surface area contributed by atoms with Crippen LogP contribution in [-0.2, 0) is 13.1 Å². The van der Waals surface area contributed by atoms with Crippen LogP contribution in [0.3, 0.4) is 0 Å². The molecule has 3 nitrogen and oxygen atoms in total. The maximum atomic E-state index is 13.5. The van der Waals surface area contributed by atoms with Crippen molar-refractivity contribution in [1.29, 1.82) is 0 Å². The Bertz CT molecular complexity index is 651. The average Bonchev–Trinajstić information content (AvgIpc) is 2.44. The lowest BCUT2D eigenvalue weighted by Gasteiger charge is -2.10. The average molecular weight is 294 g/mol. The van der Waals surface area contributed by atoms with Crippen molar-refractivity contribution in [3.63, 3.8) is 0 Å². The number of carbonyl (C=O) groups is 1. The number of hydrogen-bond acceptors (Lipinski definition) is 2. The minimum atomic E-state index is -1.24. The first-order valence-electron chi connectivity index (χ1n) is 6.22. The molecular formula is C15H13F3N2O. The van der Waals surface area contributed by atoms with Crippen molar-refractivity contribution in [3.8, 4) is 0 Å². The van der Waals surface area contributed by atoms with Gasteiger partial charge in [0.2, 0.25) is 0 Å². The van der Waals surface area contributed by atoms with E-state index in [9.17, 15) is 18.0 Å². The first-order chi connectivity index (χ1) is 10.0. The number of hydrogen-bond donors (Lipinski definition) is 2. The molecule has 0 atom stereocenters. The predicted molar refractivity (Wildman–Crippen MR) is 71.8 cm³/mol. The molecule has 2 rings (SSSR count). The van der Waals surface area contributed by atoms with Crippen LogP contribution in [0.15, 0.2) is 36.4 Å². The van der Waals surface area contributed by atoms with Gasteiger partial charge in [-0.1, -0.05) is 24.3 Å². The van der Waals surface area contributed by atoms with Gasteiger partial charge in [0.25, 0.3) is 5.91 Å². The Labute approximate surface area is 119 Å². The SMILES string of the molecule is NCc1ccccc1CNC(=O)c1c(F)cc(F)cc1F. The van der Waals surface area contributed by atoms with Crippen LogP contribution in [0.5, 0.6) is 0 Å². The molecule has 0 aliphatic heterocycles. The van der Waals surface area contributed by atoms with Crippen molar-refractivity contribution in [2.75, 3.05) is 0 Å². The number of nitrogens with one attached hydrogen (secondary N) is 1. The molecule has 0 heterocycles. The Kier molecular flexibility index (Phi) is 4.59. The smallest absolute Gasteiger partial charge is 0.257 e. The molecule has 2 aromatic carbocycles. The summed E-state index contributed by atoms with van der Waals surface area (Å²) < 4.78 is 39.7. The minimum absolute atomic E-state index is 0.0719. The lowest BCUT2D eigenvalue weighted by atomic mass is 10.1. The summed E-state index contributed by atoms with van der Waals surface area (Å²) in [6, 6.07) is 8.03. The highest BCUT2D eigenvalue weighted by Gasteiger charge is 2.18. The van der Waals surface area contributed by atoms with E-state index in [1.54, 1.807) is 24.3 Å². The zero-order valence-corrected chi connectivity index (χ0v) is 11.0. The first-order valence-corrected chi connectivity index (χ1v) is 6.22. The standard InChI is InChI=1S/C15H13F3N2O/c16-11-5-12(17)14(13(18)6-11)15(21)20-8-10-4-2-1-3-9(10)7-19/h1-6H,7-8,19H2,(H,20,21). The Morgan fingerprint density at radius 1 is 1.05 bits per heavy atom. The molecule has 0 unspecified atom stereocenters. The van der Waals surface area contributed by atoms with Gasteiger partial charge in [0, 0.05) is 25.2 Å². The molecule has 1 amide bonds. The summed E-state index contributed by atoms with van der Waals surface area (Å²) in [7, 11) is 0. The molecule has 0 spiro atoms. The monoisotopic (exact) mass is 294 g/mol. The van der Waals surface area contributed by atoms with Crippen LogP contribution in [0.1, 0.15) is 21.5 Å². The summed E-state index contributed by atoms with van der Waals surface area (Å²) >= 11 is 0. The van der Waals surface area contributed by atoms with Gasteiger partial charge in [0.1, 0.15) is 23.0 Å². The van der Waals surface area contributed by atoms with Crippen LogP contribution in [0.4, 0.5) is 13.2 Å². The highest BCUT2D eigenvalue weighted by Crippen LogP contribution is 2.15. The number of halogens is 3. The third-order valence-electron chi connectivity index (χ3n) is 3.01. The summed E-state index contributed by atoms with van der Waals surface area (Å²) in [5.41, 5.74) is 6.32. The molecular weight excluding hydrogens is 281 g/mol. The van der Waals surface area contributed by atoms with Crippen LogP contribution in [0, 0.1) is 17.5 Å². The third-order valence-corrected chi connectivity index (χ3v) is 3.01. The molecule has 21 heavy (non-hydrogen) atoms. The van der Waals surface area contributed by atoms with Crippen LogP contribution < -0.4 is 11.1 Å². The van der Waals surface area contributed by atoms with Crippen LogP contribution >= 0.6 is 0 Å². The van der Waals surface area contributed by atoms with Crippen LogP contribution in [-0.4, -0.2) is 5.91 Å². The van der Waals surface area contributed by atoms with Gasteiger partial charge in [-0.3, -0.25) is 4.79 Å². The molecule has 0 fully saturated rings. The molecule has 0 aliphatic rings. The van der Waals surface area contributed by atoms with Gasteiger partial charge in [-0.2, -0.15) is 0 Å². The first kappa shape index (κ1) is 15.1. The largest absolute Gasteiger partial charge is 0.348 e. The van der Waals surface area contributed by atoms with Crippen molar-refractivity contribution in [2.24, 2.45) is 5.73 Å². The topological polar surface area (TPSA) is 55.1 Å². The Morgan fingerprint density at radius 3 is 2.19 bits per heavy atom. The van der Waals surface area contributed by atoms with E-state index in [0.29, 0.717) is 12.1 Å². The number of carbonyl (C=O) groups excluding carboxylic acids is 1. The highest BCUT2D eigenvalue weighted by atomic mass is 19.1. The fraction of sp³-hybridized carbons (Fsp3) is 0.133. The van der Waals surface area contributed by atoms with Crippen LogP contribution in [0.25, 0.3) is 0 Å². The van der Waals surface area contributed by atoms with E-state index in [1.165, 1.54) is 0 Å². The van der Waals surface area contributed by atoms with E-state index >= 15 is 0 Å². The second-order valence-electron chi connectivity index (χ2n) is 4.40. The summed E-state index contributed by atoms with van der Waals surface area (Å²) in [6.07, 6.45) is 0. The molecule has 0 radical (unpaired) electrons. The van der Waals surface area contributed by atoms with Gasteiger partial charge in [-0.25, -0.2) is 13.2 Å². The number of nitrogens with two attached hydrogens (primary N) is 1. The second-order valence-corrected chi connectivity index (χ2v) is 4.40. The van der Waals surface area contributed by atoms with Gasteiger partial charge >= 0.3 is 0 Å². The molecule has 3 N–H and O–H groups in total. The molecule has 0 saturated heterocycles. The fourth-order valence-electron chi connectivity index (χ4n) is 1.95. The van der Waals surface area contributed by atoms with Gasteiger partial charge < -0.3 is 11.1 Å². The van der Waals surface area contributed by atoms with Gasteiger partial charge in [0.05, 0.1) is 0 Å². The summed E-state index contributed by atoms with van der Waals surface area (Å²) in [5.74, 6) is -4.50. The van der Waals surface area contributed by atoms with Gasteiger partial charge in [-0.15, -0.1) is 0 Å². The second kappa shape index (κ2) is 6.41. The van der Waals surface area contributed by atoms with Gasteiger partial charge in [0.15, 0.2) is 0 Å².